The van der Waals surface area contributed by atoms with E-state index in [9.17, 15) is 9.59 Å². The van der Waals surface area contributed by atoms with Gasteiger partial charge in [-0.05, 0) is 61.9 Å². The van der Waals surface area contributed by atoms with Crippen LogP contribution in [0.4, 0.5) is 11.4 Å². The largest absolute Gasteiger partial charge is 0.495 e. The minimum absolute atomic E-state index is 0.217. The molecule has 6 nitrogen and oxygen atoms in total. The molecule has 0 atom stereocenters. The summed E-state index contributed by atoms with van der Waals surface area (Å²) >= 11 is 0. The number of carbonyl (C=O) groups excluding carboxylic acids is 2. The van der Waals surface area contributed by atoms with Crippen molar-refractivity contribution in [1.82, 2.24) is 4.57 Å². The summed E-state index contributed by atoms with van der Waals surface area (Å²) in [5, 5.41) is 5.50. The monoisotopic (exact) mass is 403 g/mol. The molecule has 3 rings (SSSR count). The zero-order valence-corrected chi connectivity index (χ0v) is 17.5. The normalized spacial score (nSPS) is 10.8. The number of aromatic nitrogens is 1. The summed E-state index contributed by atoms with van der Waals surface area (Å²) in [6, 6.07) is 17.2. The molecule has 154 valence electrons. The third-order valence-corrected chi connectivity index (χ3v) is 4.68. The number of rotatable bonds is 6. The predicted octanol–water partition coefficient (Wildman–Crippen LogP) is 4.71. The topological polar surface area (TPSA) is 72.4 Å². The lowest BCUT2D eigenvalue weighted by molar-refractivity contribution is -0.114. The summed E-state index contributed by atoms with van der Waals surface area (Å²) in [5.74, 6) is 0.0380. The van der Waals surface area contributed by atoms with Crippen molar-refractivity contribution >= 4 is 29.3 Å². The van der Waals surface area contributed by atoms with Gasteiger partial charge in [0.1, 0.15) is 5.75 Å². The van der Waals surface area contributed by atoms with Crippen molar-refractivity contribution < 1.29 is 14.3 Å². The molecule has 6 heteroatoms. The van der Waals surface area contributed by atoms with Crippen molar-refractivity contribution in [2.75, 3.05) is 17.7 Å². The SMILES string of the molecule is COc1ccc(NC(=O)/C=C/c2cc(C)n(-c3ccccc3)c2C)cc1NC(C)=O. The number of benzene rings is 2. The molecule has 2 amide bonds. The van der Waals surface area contributed by atoms with E-state index in [1.807, 2.05) is 38.1 Å². The number of nitrogens with zero attached hydrogens (tertiary/aromatic N) is 1. The average Bonchev–Trinajstić information content (AvgIpc) is 3.00. The van der Waals surface area contributed by atoms with E-state index < -0.39 is 0 Å². The maximum absolute atomic E-state index is 12.4. The van der Waals surface area contributed by atoms with E-state index in [4.69, 9.17) is 4.74 Å². The number of hydrogen-bond donors (Lipinski definition) is 2. The van der Waals surface area contributed by atoms with Crippen molar-refractivity contribution in [3.63, 3.8) is 0 Å². The Labute approximate surface area is 176 Å². The van der Waals surface area contributed by atoms with Crippen LogP contribution >= 0.6 is 0 Å². The Balaban J connectivity index is 1.76. The molecule has 0 saturated heterocycles. The van der Waals surface area contributed by atoms with Crippen LogP contribution in [0.25, 0.3) is 11.8 Å². The number of carbonyl (C=O) groups is 2. The number of anilines is 2. The average molecular weight is 403 g/mol. The van der Waals surface area contributed by atoms with Gasteiger partial charge in [-0.25, -0.2) is 0 Å². The molecular formula is C24H25N3O3. The lowest BCUT2D eigenvalue weighted by Crippen LogP contribution is -2.10. The number of ether oxygens (including phenoxy) is 1. The van der Waals surface area contributed by atoms with E-state index in [0.29, 0.717) is 17.1 Å². The lowest BCUT2D eigenvalue weighted by atomic mass is 10.2. The molecule has 0 saturated carbocycles. The smallest absolute Gasteiger partial charge is 0.248 e. The minimum Gasteiger partial charge on any atom is -0.495 e. The van der Waals surface area contributed by atoms with Crippen LogP contribution < -0.4 is 15.4 Å². The summed E-state index contributed by atoms with van der Waals surface area (Å²) in [4.78, 5) is 23.8. The number of amides is 2. The van der Waals surface area contributed by atoms with Crippen LogP contribution in [-0.2, 0) is 9.59 Å². The Morgan fingerprint density at radius 3 is 2.40 bits per heavy atom. The van der Waals surface area contributed by atoms with E-state index in [-0.39, 0.29) is 11.8 Å². The van der Waals surface area contributed by atoms with E-state index in [0.717, 1.165) is 22.6 Å². The fourth-order valence-electron chi connectivity index (χ4n) is 3.35. The fourth-order valence-corrected chi connectivity index (χ4v) is 3.35. The summed E-state index contributed by atoms with van der Waals surface area (Å²) in [7, 11) is 1.52. The predicted molar refractivity (Wildman–Crippen MR) is 120 cm³/mol. The highest BCUT2D eigenvalue weighted by Crippen LogP contribution is 2.28. The van der Waals surface area contributed by atoms with Crippen LogP contribution in [-0.4, -0.2) is 23.5 Å². The number of hydrogen-bond acceptors (Lipinski definition) is 3. The van der Waals surface area contributed by atoms with Crippen LogP contribution in [0.15, 0.2) is 60.7 Å². The molecule has 0 unspecified atom stereocenters. The molecule has 30 heavy (non-hydrogen) atoms. The molecule has 0 fully saturated rings. The van der Waals surface area contributed by atoms with Crippen LogP contribution in [0.3, 0.4) is 0 Å². The first-order valence-corrected chi connectivity index (χ1v) is 9.58. The highest BCUT2D eigenvalue weighted by molar-refractivity contribution is 6.02. The second-order valence-corrected chi connectivity index (χ2v) is 6.92. The van der Waals surface area contributed by atoms with Crippen molar-refractivity contribution in [3.05, 3.63) is 77.6 Å². The van der Waals surface area contributed by atoms with E-state index in [2.05, 4.69) is 27.3 Å². The maximum Gasteiger partial charge on any atom is 0.248 e. The van der Waals surface area contributed by atoms with Crippen molar-refractivity contribution in [2.24, 2.45) is 0 Å². The van der Waals surface area contributed by atoms with Gasteiger partial charge in [-0.1, -0.05) is 18.2 Å². The third-order valence-electron chi connectivity index (χ3n) is 4.68. The molecule has 0 aliphatic heterocycles. The fraction of sp³-hybridized carbons (Fsp3) is 0.167. The second kappa shape index (κ2) is 9.13. The zero-order valence-electron chi connectivity index (χ0n) is 17.5. The molecule has 0 spiro atoms. The molecule has 0 radical (unpaired) electrons. The first kappa shape index (κ1) is 20.9. The van der Waals surface area contributed by atoms with Gasteiger partial charge in [-0.2, -0.15) is 0 Å². The zero-order chi connectivity index (χ0) is 21.7. The minimum atomic E-state index is -0.265. The molecule has 3 aromatic rings. The van der Waals surface area contributed by atoms with Gasteiger partial charge in [0.15, 0.2) is 0 Å². The van der Waals surface area contributed by atoms with Gasteiger partial charge < -0.3 is 19.9 Å². The van der Waals surface area contributed by atoms with Gasteiger partial charge >= 0.3 is 0 Å². The summed E-state index contributed by atoms with van der Waals surface area (Å²) in [5.41, 5.74) is 5.26. The van der Waals surface area contributed by atoms with Crippen LogP contribution in [0.2, 0.25) is 0 Å². The maximum atomic E-state index is 12.4. The highest BCUT2D eigenvalue weighted by atomic mass is 16.5. The van der Waals surface area contributed by atoms with E-state index in [1.54, 1.807) is 24.3 Å². The quantitative estimate of drug-likeness (QED) is 0.585. The molecule has 1 heterocycles. The number of methoxy groups -OCH3 is 1. The van der Waals surface area contributed by atoms with Crippen molar-refractivity contribution in [2.45, 2.75) is 20.8 Å². The van der Waals surface area contributed by atoms with E-state index in [1.165, 1.54) is 20.1 Å². The van der Waals surface area contributed by atoms with Gasteiger partial charge in [0.25, 0.3) is 0 Å². The Kier molecular flexibility index (Phi) is 6.37. The lowest BCUT2D eigenvalue weighted by Gasteiger charge is -2.11. The van der Waals surface area contributed by atoms with Gasteiger partial charge in [-0.3, -0.25) is 9.59 Å². The van der Waals surface area contributed by atoms with Crippen molar-refractivity contribution in [3.8, 4) is 11.4 Å². The summed E-state index contributed by atoms with van der Waals surface area (Å²) < 4.78 is 7.38. The van der Waals surface area contributed by atoms with Gasteiger partial charge in [0, 0.05) is 35.8 Å². The number of nitrogens with one attached hydrogen (secondary N) is 2. The van der Waals surface area contributed by atoms with Gasteiger partial charge in [0.05, 0.1) is 12.8 Å². The number of para-hydroxylation sites is 1. The first-order chi connectivity index (χ1) is 14.4. The molecule has 0 aliphatic carbocycles. The van der Waals surface area contributed by atoms with Crippen LogP contribution in [0.1, 0.15) is 23.9 Å². The standard InChI is InChI=1S/C24H25N3O3/c1-16-14-19(17(2)27(16)21-8-6-5-7-9-21)10-13-24(29)26-20-11-12-23(30-4)22(15-20)25-18(3)28/h5-15H,1-4H3,(H,25,28)(H,26,29)/b13-10+. The molecular weight excluding hydrogens is 378 g/mol. The third kappa shape index (κ3) is 4.78. The Bertz CT molecular complexity index is 1100. The Morgan fingerprint density at radius 2 is 1.73 bits per heavy atom. The molecule has 2 N–H and O–H groups in total. The van der Waals surface area contributed by atoms with E-state index >= 15 is 0 Å². The van der Waals surface area contributed by atoms with Crippen molar-refractivity contribution in [1.29, 1.82) is 0 Å². The first-order valence-electron chi connectivity index (χ1n) is 9.58. The molecule has 0 aliphatic rings. The highest BCUT2D eigenvalue weighted by Gasteiger charge is 2.10. The molecule has 0 bridgehead atoms. The number of aryl methyl sites for hydroxylation is 1. The molecule has 1 aromatic heterocycles. The molecule has 2 aromatic carbocycles. The second-order valence-electron chi connectivity index (χ2n) is 6.92. The Hall–Kier alpha value is -3.80. The Morgan fingerprint density at radius 1 is 1.00 bits per heavy atom. The van der Waals surface area contributed by atoms with Crippen LogP contribution in [0.5, 0.6) is 5.75 Å². The van der Waals surface area contributed by atoms with Crippen LogP contribution in [0, 0.1) is 13.8 Å². The summed E-state index contributed by atoms with van der Waals surface area (Å²) in [6.45, 7) is 5.48. The van der Waals surface area contributed by atoms with Gasteiger partial charge in [-0.15, -0.1) is 0 Å². The summed E-state index contributed by atoms with van der Waals surface area (Å²) in [6.07, 6.45) is 3.30. The van der Waals surface area contributed by atoms with Gasteiger partial charge in [0.2, 0.25) is 11.8 Å².